The molecule has 1 fully saturated rings. The summed E-state index contributed by atoms with van der Waals surface area (Å²) in [5.74, 6) is 0.385. The maximum Gasteiger partial charge on any atom is 0.223 e. The number of hydrogen-bond acceptors (Lipinski definition) is 2. The Balaban J connectivity index is 1.87. The van der Waals surface area contributed by atoms with Gasteiger partial charge in [0, 0.05) is 35.8 Å². The summed E-state index contributed by atoms with van der Waals surface area (Å²) in [6, 6.07) is 8.26. The Labute approximate surface area is 132 Å². The van der Waals surface area contributed by atoms with Crippen molar-refractivity contribution in [2.75, 3.05) is 18.0 Å². The third-order valence-electron chi connectivity index (χ3n) is 4.37. The van der Waals surface area contributed by atoms with Gasteiger partial charge in [-0.05, 0) is 43.9 Å². The summed E-state index contributed by atoms with van der Waals surface area (Å²) in [7, 11) is 0. The number of halogens is 1. The highest BCUT2D eigenvalue weighted by atomic mass is 35.5. The van der Waals surface area contributed by atoms with Crippen molar-refractivity contribution in [3.8, 4) is 0 Å². The molecule has 0 spiro atoms. The van der Waals surface area contributed by atoms with Gasteiger partial charge in [0.05, 0.1) is 0 Å². The van der Waals surface area contributed by atoms with E-state index in [1.54, 1.807) is 0 Å². The molecule has 4 heteroatoms. The van der Waals surface area contributed by atoms with E-state index in [4.69, 9.17) is 11.6 Å². The second-order valence-electron chi connectivity index (χ2n) is 5.76. The van der Waals surface area contributed by atoms with Gasteiger partial charge in [-0.3, -0.25) is 4.79 Å². The van der Waals surface area contributed by atoms with Gasteiger partial charge in [0.15, 0.2) is 0 Å². The first-order chi connectivity index (χ1) is 10.1. The van der Waals surface area contributed by atoms with Crippen LogP contribution < -0.4 is 10.2 Å². The smallest absolute Gasteiger partial charge is 0.223 e. The second kappa shape index (κ2) is 7.69. The van der Waals surface area contributed by atoms with E-state index in [0.29, 0.717) is 6.04 Å². The van der Waals surface area contributed by atoms with Gasteiger partial charge in [0.1, 0.15) is 0 Å². The van der Waals surface area contributed by atoms with Crippen molar-refractivity contribution in [3.63, 3.8) is 0 Å². The Morgan fingerprint density at radius 2 is 2.00 bits per heavy atom. The van der Waals surface area contributed by atoms with Crippen molar-refractivity contribution in [1.82, 2.24) is 5.32 Å². The minimum Gasteiger partial charge on any atom is -0.371 e. The normalized spacial score (nSPS) is 16.3. The van der Waals surface area contributed by atoms with Crippen LogP contribution in [0.4, 0.5) is 5.69 Å². The van der Waals surface area contributed by atoms with E-state index < -0.39 is 0 Å². The SMILES string of the molecule is CCC(CC)NC(=O)C1CCN(c2cccc(Cl)c2)CC1. The lowest BCUT2D eigenvalue weighted by Gasteiger charge is -2.33. The second-order valence-corrected chi connectivity index (χ2v) is 6.20. The van der Waals surface area contributed by atoms with E-state index in [1.807, 2.05) is 18.2 Å². The molecule has 1 heterocycles. The number of nitrogens with one attached hydrogen (secondary N) is 1. The zero-order valence-electron chi connectivity index (χ0n) is 12.9. The molecule has 0 radical (unpaired) electrons. The largest absolute Gasteiger partial charge is 0.371 e. The van der Waals surface area contributed by atoms with Crippen LogP contribution in [0.5, 0.6) is 0 Å². The number of piperidine rings is 1. The highest BCUT2D eigenvalue weighted by molar-refractivity contribution is 6.30. The van der Waals surface area contributed by atoms with Crippen LogP contribution in [0.25, 0.3) is 0 Å². The number of amides is 1. The fourth-order valence-electron chi connectivity index (χ4n) is 2.88. The summed E-state index contributed by atoms with van der Waals surface area (Å²) < 4.78 is 0. The summed E-state index contributed by atoms with van der Waals surface area (Å²) >= 11 is 6.04. The zero-order valence-corrected chi connectivity index (χ0v) is 13.7. The number of hydrogen-bond donors (Lipinski definition) is 1. The van der Waals surface area contributed by atoms with Gasteiger partial charge >= 0.3 is 0 Å². The average molecular weight is 309 g/mol. The van der Waals surface area contributed by atoms with Gasteiger partial charge in [0.2, 0.25) is 5.91 Å². The molecule has 1 saturated heterocycles. The lowest BCUT2D eigenvalue weighted by atomic mass is 9.95. The molecule has 1 aromatic rings. The Hall–Kier alpha value is -1.22. The van der Waals surface area contributed by atoms with Crippen molar-refractivity contribution in [2.45, 2.75) is 45.6 Å². The molecule has 116 valence electrons. The van der Waals surface area contributed by atoms with E-state index >= 15 is 0 Å². The van der Waals surface area contributed by atoms with E-state index in [1.165, 1.54) is 0 Å². The van der Waals surface area contributed by atoms with Gasteiger partial charge in [-0.2, -0.15) is 0 Å². The molecule has 1 amide bonds. The summed E-state index contributed by atoms with van der Waals surface area (Å²) in [4.78, 5) is 14.6. The number of carbonyl (C=O) groups is 1. The summed E-state index contributed by atoms with van der Waals surface area (Å²) in [5, 5.41) is 3.94. The molecular weight excluding hydrogens is 284 g/mol. The van der Waals surface area contributed by atoms with E-state index in [2.05, 4.69) is 30.1 Å². The Morgan fingerprint density at radius 3 is 2.57 bits per heavy atom. The molecule has 0 saturated carbocycles. The first kappa shape index (κ1) is 16.2. The Bertz CT molecular complexity index is 466. The third-order valence-corrected chi connectivity index (χ3v) is 4.61. The van der Waals surface area contributed by atoms with Crippen molar-refractivity contribution in [1.29, 1.82) is 0 Å². The standard InChI is InChI=1S/C17H25ClN2O/c1-3-15(4-2)19-17(21)13-8-10-20(11-9-13)16-7-5-6-14(18)12-16/h5-7,12-13,15H,3-4,8-11H2,1-2H3,(H,19,21). The van der Waals surface area contributed by atoms with Crippen LogP contribution in [0.2, 0.25) is 5.02 Å². The van der Waals surface area contributed by atoms with Gasteiger partial charge < -0.3 is 10.2 Å². The first-order valence-corrected chi connectivity index (χ1v) is 8.32. The van der Waals surface area contributed by atoms with Gasteiger partial charge in [0.25, 0.3) is 0 Å². The molecule has 0 unspecified atom stereocenters. The lowest BCUT2D eigenvalue weighted by Crippen LogP contribution is -2.43. The molecule has 1 N–H and O–H groups in total. The minimum atomic E-state index is 0.154. The van der Waals surface area contributed by atoms with Crippen LogP contribution in [0, 0.1) is 5.92 Å². The number of rotatable bonds is 5. The van der Waals surface area contributed by atoms with Crippen LogP contribution in [-0.2, 0) is 4.79 Å². The predicted octanol–water partition coefficient (Wildman–Crippen LogP) is 3.86. The lowest BCUT2D eigenvalue weighted by molar-refractivity contribution is -0.126. The van der Waals surface area contributed by atoms with Crippen LogP contribution in [0.1, 0.15) is 39.5 Å². The maximum absolute atomic E-state index is 12.3. The average Bonchev–Trinajstić information content (AvgIpc) is 2.52. The predicted molar refractivity (Wildman–Crippen MR) is 88.9 cm³/mol. The van der Waals surface area contributed by atoms with E-state index in [9.17, 15) is 4.79 Å². The molecular formula is C17H25ClN2O. The van der Waals surface area contributed by atoms with E-state index in [0.717, 1.165) is 49.5 Å². The Kier molecular flexibility index (Phi) is 5.92. The third kappa shape index (κ3) is 4.37. The molecule has 2 rings (SSSR count). The zero-order chi connectivity index (χ0) is 15.2. The van der Waals surface area contributed by atoms with Gasteiger partial charge in [-0.1, -0.05) is 31.5 Å². The fourth-order valence-corrected chi connectivity index (χ4v) is 3.07. The number of nitrogens with zero attached hydrogens (tertiary/aromatic N) is 1. The topological polar surface area (TPSA) is 32.3 Å². The van der Waals surface area contributed by atoms with Crippen LogP contribution in [0.3, 0.4) is 0 Å². The molecule has 1 aliphatic rings. The monoisotopic (exact) mass is 308 g/mol. The van der Waals surface area contributed by atoms with Crippen LogP contribution in [-0.4, -0.2) is 25.0 Å². The summed E-state index contributed by atoms with van der Waals surface area (Å²) in [5.41, 5.74) is 1.15. The first-order valence-electron chi connectivity index (χ1n) is 7.95. The van der Waals surface area contributed by atoms with Crippen molar-refractivity contribution in [3.05, 3.63) is 29.3 Å². The summed E-state index contributed by atoms with van der Waals surface area (Å²) in [6.45, 7) is 6.08. The maximum atomic E-state index is 12.3. The van der Waals surface area contributed by atoms with Gasteiger partial charge in [-0.15, -0.1) is 0 Å². The molecule has 0 atom stereocenters. The van der Waals surface area contributed by atoms with Crippen molar-refractivity contribution < 1.29 is 4.79 Å². The van der Waals surface area contributed by atoms with Crippen LogP contribution in [0.15, 0.2) is 24.3 Å². The molecule has 1 aliphatic heterocycles. The van der Waals surface area contributed by atoms with Crippen molar-refractivity contribution >= 4 is 23.2 Å². The number of carbonyl (C=O) groups excluding carboxylic acids is 1. The quantitative estimate of drug-likeness (QED) is 0.896. The van der Waals surface area contributed by atoms with Crippen molar-refractivity contribution in [2.24, 2.45) is 5.92 Å². The minimum absolute atomic E-state index is 0.154. The molecule has 3 nitrogen and oxygen atoms in total. The molecule has 0 aromatic heterocycles. The summed E-state index contributed by atoms with van der Waals surface area (Å²) in [6.07, 6.45) is 3.84. The fraction of sp³-hybridized carbons (Fsp3) is 0.588. The highest BCUT2D eigenvalue weighted by Crippen LogP contribution is 2.25. The van der Waals surface area contributed by atoms with E-state index in [-0.39, 0.29) is 11.8 Å². The van der Waals surface area contributed by atoms with Gasteiger partial charge in [-0.25, -0.2) is 0 Å². The number of anilines is 1. The molecule has 0 aliphatic carbocycles. The number of benzene rings is 1. The highest BCUT2D eigenvalue weighted by Gasteiger charge is 2.26. The molecule has 0 bridgehead atoms. The molecule has 21 heavy (non-hydrogen) atoms. The Morgan fingerprint density at radius 1 is 1.33 bits per heavy atom. The molecule has 1 aromatic carbocycles. The van der Waals surface area contributed by atoms with Crippen LogP contribution >= 0.6 is 11.6 Å².